The largest absolute Gasteiger partial charge is 0.373 e. The highest BCUT2D eigenvalue weighted by atomic mass is 32.2. The molecule has 1 aromatic rings. The zero-order chi connectivity index (χ0) is 12.7. The lowest BCUT2D eigenvalue weighted by Gasteiger charge is -2.17. The summed E-state index contributed by atoms with van der Waals surface area (Å²) in [6, 6.07) is 2.40. The Morgan fingerprint density at radius 3 is 2.53 bits per heavy atom. The molecule has 1 heterocycles. The molecule has 0 bridgehead atoms. The molecule has 1 rings (SSSR count). The number of thioether (sulfide) groups is 2. The zero-order valence-corrected chi connectivity index (χ0v) is 12.4. The number of nitrogens with zero attached hydrogens (tertiary/aromatic N) is 2. The molecule has 0 aromatic carbocycles. The van der Waals surface area contributed by atoms with Crippen LogP contribution >= 0.6 is 23.5 Å². The molecule has 0 fully saturated rings. The molecule has 0 aliphatic heterocycles. The number of aromatic nitrogens is 2. The first-order chi connectivity index (χ1) is 8.23. The van der Waals surface area contributed by atoms with Crippen molar-refractivity contribution >= 4 is 35.2 Å². The van der Waals surface area contributed by atoms with Gasteiger partial charge in [-0.3, -0.25) is 0 Å². The van der Waals surface area contributed by atoms with Crippen molar-refractivity contribution in [2.24, 2.45) is 0 Å². The third kappa shape index (κ3) is 4.63. The number of anilines is 2. The van der Waals surface area contributed by atoms with E-state index in [1.165, 1.54) is 0 Å². The van der Waals surface area contributed by atoms with Gasteiger partial charge in [-0.2, -0.15) is 11.8 Å². The fraction of sp³-hybridized carbons (Fsp3) is 0.636. The predicted molar refractivity (Wildman–Crippen MR) is 79.4 cm³/mol. The van der Waals surface area contributed by atoms with Crippen LogP contribution in [0.25, 0.3) is 0 Å². The Kier molecular flexibility index (Phi) is 6.50. The number of hydrogen-bond donors (Lipinski definition) is 2. The lowest BCUT2D eigenvalue weighted by atomic mass is 10.2. The number of nitrogens with one attached hydrogen (secondary N) is 2. The van der Waals surface area contributed by atoms with Crippen LogP contribution < -0.4 is 10.6 Å². The van der Waals surface area contributed by atoms with Gasteiger partial charge in [0, 0.05) is 24.9 Å². The van der Waals surface area contributed by atoms with E-state index in [4.69, 9.17) is 0 Å². The first-order valence-corrected chi connectivity index (χ1v) is 8.21. The molecule has 4 nitrogen and oxygen atoms in total. The second-order valence-corrected chi connectivity index (χ2v) is 5.26. The highest BCUT2D eigenvalue weighted by molar-refractivity contribution is 7.98. The first kappa shape index (κ1) is 14.4. The number of hydrogen-bond acceptors (Lipinski definition) is 6. The van der Waals surface area contributed by atoms with Crippen molar-refractivity contribution in [3.05, 3.63) is 6.07 Å². The van der Waals surface area contributed by atoms with Gasteiger partial charge in [-0.25, -0.2) is 9.97 Å². The maximum atomic E-state index is 4.46. The molecular formula is C11H20N4S2. The molecule has 1 aromatic heterocycles. The van der Waals surface area contributed by atoms with Gasteiger partial charge in [0.2, 0.25) is 0 Å². The normalized spacial score (nSPS) is 12.2. The van der Waals surface area contributed by atoms with E-state index in [1.54, 1.807) is 11.8 Å². The second-order valence-electron chi connectivity index (χ2n) is 3.58. The van der Waals surface area contributed by atoms with E-state index < -0.39 is 0 Å². The van der Waals surface area contributed by atoms with Crippen LogP contribution in [0.1, 0.15) is 13.3 Å². The molecule has 1 unspecified atom stereocenters. The van der Waals surface area contributed by atoms with Gasteiger partial charge in [0.25, 0.3) is 0 Å². The maximum Gasteiger partial charge on any atom is 0.191 e. The minimum absolute atomic E-state index is 0.458. The smallest absolute Gasteiger partial charge is 0.191 e. The van der Waals surface area contributed by atoms with Gasteiger partial charge in [-0.1, -0.05) is 18.7 Å². The SMILES string of the molecule is CCC(CSC)Nc1cc(NC)nc(SC)n1. The molecule has 0 aliphatic carbocycles. The van der Waals surface area contributed by atoms with Crippen LogP contribution in [0.15, 0.2) is 11.2 Å². The standard InChI is InChI=1S/C11H20N4S2/c1-5-8(7-16-3)13-10-6-9(12-2)14-11(15-10)17-4/h6,8H,5,7H2,1-4H3,(H2,12,13,14,15). The molecule has 96 valence electrons. The predicted octanol–water partition coefficient (Wildman–Crippen LogP) is 2.79. The first-order valence-electron chi connectivity index (χ1n) is 5.59. The molecule has 17 heavy (non-hydrogen) atoms. The highest BCUT2D eigenvalue weighted by Gasteiger charge is 2.08. The average molecular weight is 272 g/mol. The van der Waals surface area contributed by atoms with Crippen LogP contribution in [0.2, 0.25) is 0 Å². The molecule has 6 heteroatoms. The van der Waals surface area contributed by atoms with Crippen molar-refractivity contribution in [3.63, 3.8) is 0 Å². The van der Waals surface area contributed by atoms with Gasteiger partial charge < -0.3 is 10.6 Å². The van der Waals surface area contributed by atoms with Gasteiger partial charge in [0.05, 0.1) is 0 Å². The summed E-state index contributed by atoms with van der Waals surface area (Å²) in [7, 11) is 1.87. The minimum atomic E-state index is 0.458. The van der Waals surface area contributed by atoms with Crippen molar-refractivity contribution in [3.8, 4) is 0 Å². The van der Waals surface area contributed by atoms with Crippen LogP contribution in [0.4, 0.5) is 11.6 Å². The van der Waals surface area contributed by atoms with Crippen LogP contribution in [0.5, 0.6) is 0 Å². The van der Waals surface area contributed by atoms with Crippen molar-refractivity contribution in [1.82, 2.24) is 9.97 Å². The Bertz CT molecular complexity index is 324. The molecular weight excluding hydrogens is 252 g/mol. The van der Waals surface area contributed by atoms with Gasteiger partial charge >= 0.3 is 0 Å². The third-order valence-corrected chi connectivity index (χ3v) is 3.64. The summed E-state index contributed by atoms with van der Waals surface area (Å²) in [6.07, 6.45) is 5.20. The molecule has 0 aliphatic rings. The summed E-state index contributed by atoms with van der Waals surface area (Å²) in [6.45, 7) is 2.18. The van der Waals surface area contributed by atoms with Crippen LogP contribution in [-0.4, -0.2) is 41.3 Å². The summed E-state index contributed by atoms with van der Waals surface area (Å²) >= 11 is 3.40. The Labute approximate surface area is 112 Å². The molecule has 1 atom stereocenters. The zero-order valence-electron chi connectivity index (χ0n) is 10.8. The van der Waals surface area contributed by atoms with E-state index in [1.807, 2.05) is 31.1 Å². The Hall–Kier alpha value is -0.620. The molecule has 0 radical (unpaired) electrons. The van der Waals surface area contributed by atoms with Crippen molar-refractivity contribution in [1.29, 1.82) is 0 Å². The summed E-state index contributed by atoms with van der Waals surface area (Å²) in [5.41, 5.74) is 0. The molecule has 0 saturated carbocycles. The van der Waals surface area contributed by atoms with E-state index in [0.717, 1.165) is 29.0 Å². The molecule has 0 spiro atoms. The Morgan fingerprint density at radius 2 is 2.00 bits per heavy atom. The van der Waals surface area contributed by atoms with Crippen LogP contribution in [0, 0.1) is 0 Å². The van der Waals surface area contributed by atoms with E-state index in [2.05, 4.69) is 33.8 Å². The molecule has 2 N–H and O–H groups in total. The van der Waals surface area contributed by atoms with Crippen LogP contribution in [0.3, 0.4) is 0 Å². The van der Waals surface area contributed by atoms with E-state index >= 15 is 0 Å². The molecule has 0 amide bonds. The van der Waals surface area contributed by atoms with Gasteiger partial charge in [-0.15, -0.1) is 0 Å². The van der Waals surface area contributed by atoms with Gasteiger partial charge in [0.15, 0.2) is 5.16 Å². The van der Waals surface area contributed by atoms with Crippen molar-refractivity contribution in [2.45, 2.75) is 24.5 Å². The third-order valence-electron chi connectivity index (χ3n) is 2.36. The second kappa shape index (κ2) is 7.66. The Morgan fingerprint density at radius 1 is 1.29 bits per heavy atom. The fourth-order valence-electron chi connectivity index (χ4n) is 1.39. The number of rotatable bonds is 7. The van der Waals surface area contributed by atoms with E-state index in [0.29, 0.717) is 6.04 Å². The maximum absolute atomic E-state index is 4.46. The van der Waals surface area contributed by atoms with Gasteiger partial charge in [0.1, 0.15) is 11.6 Å². The van der Waals surface area contributed by atoms with E-state index in [9.17, 15) is 0 Å². The Balaban J connectivity index is 2.81. The lowest BCUT2D eigenvalue weighted by molar-refractivity contribution is 0.764. The molecule has 0 saturated heterocycles. The summed E-state index contributed by atoms with van der Waals surface area (Å²) in [5, 5.41) is 7.30. The average Bonchev–Trinajstić information content (AvgIpc) is 2.37. The quantitative estimate of drug-likeness (QED) is 0.588. The van der Waals surface area contributed by atoms with Crippen molar-refractivity contribution < 1.29 is 0 Å². The fourth-order valence-corrected chi connectivity index (χ4v) is 2.49. The monoisotopic (exact) mass is 272 g/mol. The van der Waals surface area contributed by atoms with E-state index in [-0.39, 0.29) is 0 Å². The topological polar surface area (TPSA) is 49.8 Å². The van der Waals surface area contributed by atoms with Gasteiger partial charge in [-0.05, 0) is 18.9 Å². The summed E-state index contributed by atoms with van der Waals surface area (Å²) < 4.78 is 0. The highest BCUT2D eigenvalue weighted by Crippen LogP contribution is 2.18. The van der Waals surface area contributed by atoms with Crippen molar-refractivity contribution in [2.75, 3.05) is 35.9 Å². The summed E-state index contributed by atoms with van der Waals surface area (Å²) in [5.74, 6) is 2.84. The lowest BCUT2D eigenvalue weighted by Crippen LogP contribution is -2.22. The van der Waals surface area contributed by atoms with Crippen LogP contribution in [-0.2, 0) is 0 Å². The summed E-state index contributed by atoms with van der Waals surface area (Å²) in [4.78, 5) is 8.81. The minimum Gasteiger partial charge on any atom is -0.373 e.